The molecule has 7 heteroatoms. The second kappa shape index (κ2) is 5.32. The monoisotopic (exact) mass is 281 g/mol. The molecule has 0 bridgehead atoms. The first kappa shape index (κ1) is 14.0. The van der Waals surface area contributed by atoms with Crippen molar-refractivity contribution in [2.24, 2.45) is 0 Å². The van der Waals surface area contributed by atoms with Gasteiger partial charge in [0.05, 0.1) is 5.75 Å². The number of rotatable bonds is 4. The van der Waals surface area contributed by atoms with Crippen molar-refractivity contribution in [1.82, 2.24) is 25.3 Å². The van der Waals surface area contributed by atoms with Gasteiger partial charge in [-0.2, -0.15) is 4.98 Å². The van der Waals surface area contributed by atoms with Crippen molar-refractivity contribution in [3.63, 3.8) is 0 Å². The molecule has 2 rings (SSSR count). The summed E-state index contributed by atoms with van der Waals surface area (Å²) in [5, 5.41) is 11.8. The maximum absolute atomic E-state index is 5.24. The van der Waals surface area contributed by atoms with Gasteiger partial charge >= 0.3 is 0 Å². The Morgan fingerprint density at radius 3 is 2.53 bits per heavy atom. The average Bonchev–Trinajstić information content (AvgIpc) is 2.95. The molecular formula is C12H19N5OS. The molecular weight excluding hydrogens is 262 g/mol. The first-order valence-corrected chi connectivity index (χ1v) is 7.23. The maximum atomic E-state index is 5.24. The van der Waals surface area contributed by atoms with Crippen LogP contribution in [0.5, 0.6) is 0 Å². The van der Waals surface area contributed by atoms with E-state index in [-0.39, 0.29) is 5.41 Å². The summed E-state index contributed by atoms with van der Waals surface area (Å²) in [6.07, 6.45) is 0. The quantitative estimate of drug-likeness (QED) is 0.868. The van der Waals surface area contributed by atoms with Crippen LogP contribution in [0.3, 0.4) is 0 Å². The Hall–Kier alpha value is -1.37. The molecule has 0 fully saturated rings. The maximum Gasteiger partial charge on any atom is 0.232 e. The van der Waals surface area contributed by atoms with E-state index >= 15 is 0 Å². The Balaban J connectivity index is 1.96. The van der Waals surface area contributed by atoms with Crippen LogP contribution in [0.4, 0.5) is 0 Å². The molecule has 0 spiro atoms. The Labute approximate surface area is 116 Å². The number of hydrogen-bond donors (Lipinski definition) is 1. The molecule has 0 radical (unpaired) electrons. The van der Waals surface area contributed by atoms with Crippen LogP contribution < -0.4 is 0 Å². The minimum Gasteiger partial charge on any atom is -0.339 e. The van der Waals surface area contributed by atoms with Crippen molar-refractivity contribution in [2.75, 3.05) is 0 Å². The zero-order chi connectivity index (χ0) is 14.0. The summed E-state index contributed by atoms with van der Waals surface area (Å²) in [6.45, 7) is 10.3. The fraction of sp³-hybridized carbons (Fsp3) is 0.667. The van der Waals surface area contributed by atoms with Crippen molar-refractivity contribution >= 4 is 11.8 Å². The summed E-state index contributed by atoms with van der Waals surface area (Å²) in [4.78, 5) is 8.76. The largest absolute Gasteiger partial charge is 0.339 e. The van der Waals surface area contributed by atoms with Gasteiger partial charge < -0.3 is 4.52 Å². The van der Waals surface area contributed by atoms with Crippen LogP contribution in [0.2, 0.25) is 0 Å². The second-order valence-corrected chi connectivity index (χ2v) is 6.65. The number of nitrogens with zero attached hydrogens (tertiary/aromatic N) is 4. The van der Waals surface area contributed by atoms with Crippen molar-refractivity contribution in [3.05, 3.63) is 17.5 Å². The number of hydrogen-bond acceptors (Lipinski definition) is 6. The number of aromatic amines is 1. The SMILES string of the molecule is CC(C)c1nc(SCc2noc(C(C)(C)C)n2)n[nH]1. The van der Waals surface area contributed by atoms with Gasteiger partial charge in [-0.3, -0.25) is 5.10 Å². The normalized spacial score (nSPS) is 12.3. The summed E-state index contributed by atoms with van der Waals surface area (Å²) < 4.78 is 5.24. The highest BCUT2D eigenvalue weighted by Gasteiger charge is 2.21. The molecule has 0 saturated heterocycles. The predicted molar refractivity (Wildman–Crippen MR) is 73.0 cm³/mol. The van der Waals surface area contributed by atoms with Crippen LogP contribution in [-0.4, -0.2) is 25.3 Å². The van der Waals surface area contributed by atoms with Crippen LogP contribution in [0, 0.1) is 0 Å². The lowest BCUT2D eigenvalue weighted by Crippen LogP contribution is -2.11. The van der Waals surface area contributed by atoms with Gasteiger partial charge in [0.2, 0.25) is 11.0 Å². The molecule has 2 heterocycles. The molecule has 6 nitrogen and oxygen atoms in total. The van der Waals surface area contributed by atoms with E-state index in [1.165, 1.54) is 11.8 Å². The number of aromatic nitrogens is 5. The van der Waals surface area contributed by atoms with E-state index in [1.54, 1.807) is 0 Å². The highest BCUT2D eigenvalue weighted by atomic mass is 32.2. The van der Waals surface area contributed by atoms with Gasteiger partial charge in [0, 0.05) is 11.3 Å². The molecule has 0 amide bonds. The van der Waals surface area contributed by atoms with Crippen LogP contribution in [0.15, 0.2) is 9.68 Å². The molecule has 2 aromatic heterocycles. The van der Waals surface area contributed by atoms with Gasteiger partial charge in [-0.05, 0) is 0 Å². The fourth-order valence-electron chi connectivity index (χ4n) is 1.33. The number of thioether (sulfide) groups is 1. The van der Waals surface area contributed by atoms with Gasteiger partial charge in [-0.15, -0.1) is 5.10 Å². The molecule has 0 aliphatic heterocycles. The Morgan fingerprint density at radius 2 is 2.00 bits per heavy atom. The predicted octanol–water partition coefficient (Wildman–Crippen LogP) is 2.90. The molecule has 0 atom stereocenters. The summed E-state index contributed by atoms with van der Waals surface area (Å²) in [5.41, 5.74) is -0.120. The Morgan fingerprint density at radius 1 is 1.26 bits per heavy atom. The topological polar surface area (TPSA) is 80.5 Å². The second-order valence-electron chi connectivity index (χ2n) is 5.71. The Bertz CT molecular complexity index is 540. The van der Waals surface area contributed by atoms with Crippen LogP contribution >= 0.6 is 11.8 Å². The van der Waals surface area contributed by atoms with Gasteiger partial charge in [0.25, 0.3) is 0 Å². The molecule has 0 unspecified atom stereocenters. The van der Waals surface area contributed by atoms with Crippen molar-refractivity contribution in [1.29, 1.82) is 0 Å². The summed E-state index contributed by atoms with van der Waals surface area (Å²) in [5.74, 6) is 3.17. The van der Waals surface area contributed by atoms with Gasteiger partial charge in [-0.1, -0.05) is 51.5 Å². The molecule has 2 aromatic rings. The molecule has 0 aromatic carbocycles. The minimum atomic E-state index is -0.120. The lowest BCUT2D eigenvalue weighted by Gasteiger charge is -2.10. The first-order chi connectivity index (χ1) is 8.86. The summed E-state index contributed by atoms with van der Waals surface area (Å²) in [7, 11) is 0. The van der Waals surface area contributed by atoms with E-state index in [4.69, 9.17) is 4.52 Å². The minimum absolute atomic E-state index is 0.120. The molecule has 1 N–H and O–H groups in total. The lowest BCUT2D eigenvalue weighted by molar-refractivity contribution is 0.319. The van der Waals surface area contributed by atoms with E-state index in [1.807, 2.05) is 20.8 Å². The highest BCUT2D eigenvalue weighted by molar-refractivity contribution is 7.98. The van der Waals surface area contributed by atoms with Crippen LogP contribution in [0.1, 0.15) is 58.1 Å². The highest BCUT2D eigenvalue weighted by Crippen LogP contribution is 2.23. The fourth-order valence-corrected chi connectivity index (χ4v) is 1.98. The van der Waals surface area contributed by atoms with Crippen LogP contribution in [-0.2, 0) is 11.2 Å². The van der Waals surface area contributed by atoms with Crippen molar-refractivity contribution < 1.29 is 4.52 Å². The molecule has 104 valence electrons. The summed E-state index contributed by atoms with van der Waals surface area (Å²) in [6, 6.07) is 0. The zero-order valence-electron chi connectivity index (χ0n) is 11.9. The van der Waals surface area contributed by atoms with E-state index in [9.17, 15) is 0 Å². The van der Waals surface area contributed by atoms with Gasteiger partial charge in [-0.25, -0.2) is 4.98 Å². The smallest absolute Gasteiger partial charge is 0.232 e. The lowest BCUT2D eigenvalue weighted by atomic mass is 9.97. The standard InChI is InChI=1S/C12H19N5OS/c1-7(2)9-14-11(16-15-9)19-6-8-13-10(18-17-8)12(3,4)5/h7H,6H2,1-5H3,(H,14,15,16). The number of H-pyrrole nitrogens is 1. The van der Waals surface area contributed by atoms with Crippen molar-refractivity contribution in [3.8, 4) is 0 Å². The number of nitrogens with one attached hydrogen (secondary N) is 1. The Kier molecular flexibility index (Phi) is 3.93. The third-order valence-electron chi connectivity index (χ3n) is 2.47. The van der Waals surface area contributed by atoms with E-state index in [0.29, 0.717) is 28.5 Å². The third kappa shape index (κ3) is 3.56. The van der Waals surface area contributed by atoms with Crippen LogP contribution in [0.25, 0.3) is 0 Å². The summed E-state index contributed by atoms with van der Waals surface area (Å²) >= 11 is 1.50. The van der Waals surface area contributed by atoms with E-state index in [2.05, 4.69) is 39.2 Å². The van der Waals surface area contributed by atoms with Gasteiger partial charge in [0.15, 0.2) is 5.82 Å². The van der Waals surface area contributed by atoms with E-state index in [0.717, 1.165) is 5.82 Å². The molecule has 0 aliphatic rings. The zero-order valence-corrected chi connectivity index (χ0v) is 12.7. The third-order valence-corrected chi connectivity index (χ3v) is 3.31. The first-order valence-electron chi connectivity index (χ1n) is 6.24. The average molecular weight is 281 g/mol. The van der Waals surface area contributed by atoms with E-state index < -0.39 is 0 Å². The molecule has 0 saturated carbocycles. The molecule has 0 aliphatic carbocycles. The molecule has 19 heavy (non-hydrogen) atoms. The van der Waals surface area contributed by atoms with Gasteiger partial charge in [0.1, 0.15) is 5.82 Å². The van der Waals surface area contributed by atoms with Crippen molar-refractivity contribution in [2.45, 2.75) is 56.9 Å².